The first-order valence-corrected chi connectivity index (χ1v) is 10.5. The summed E-state index contributed by atoms with van der Waals surface area (Å²) in [5.41, 5.74) is 1.96. The van der Waals surface area contributed by atoms with Crippen molar-refractivity contribution in [1.29, 1.82) is 0 Å². The minimum absolute atomic E-state index is 0.00946. The molecule has 1 unspecified atom stereocenters. The van der Waals surface area contributed by atoms with E-state index in [1.54, 1.807) is 31.4 Å². The largest absolute Gasteiger partial charge is 0.497 e. The molecule has 0 radical (unpaired) electrons. The van der Waals surface area contributed by atoms with Gasteiger partial charge in [0.25, 0.3) is 17.4 Å². The summed E-state index contributed by atoms with van der Waals surface area (Å²) in [5, 5.41) is 2.90. The molecule has 2 amide bonds. The number of methoxy groups -OCH3 is 1. The number of carbonyl (C=O) groups excluding carboxylic acids is 2. The molecule has 0 spiro atoms. The first-order valence-electron chi connectivity index (χ1n) is 10.5. The van der Waals surface area contributed by atoms with Crippen LogP contribution in [0.2, 0.25) is 0 Å². The number of rotatable bonds is 6. The first-order chi connectivity index (χ1) is 15.6. The Morgan fingerprint density at radius 2 is 1.70 bits per heavy atom. The maximum Gasteiger partial charge on any atom is 0.274 e. The third kappa shape index (κ3) is 5.65. The van der Waals surface area contributed by atoms with Crippen LogP contribution in [0.15, 0.2) is 65.7 Å². The second-order valence-electron chi connectivity index (χ2n) is 8.70. The number of nitrogens with zero attached hydrogens (tertiary/aromatic N) is 2. The molecule has 0 saturated heterocycles. The van der Waals surface area contributed by atoms with E-state index in [4.69, 9.17) is 4.74 Å². The zero-order valence-corrected chi connectivity index (χ0v) is 19.4. The Hall–Kier alpha value is -3.94. The maximum absolute atomic E-state index is 13.4. The minimum atomic E-state index is -0.945. The van der Waals surface area contributed by atoms with Crippen LogP contribution in [0.5, 0.6) is 5.75 Å². The SMILES string of the molecule is COc1ccc(C(C(=O)Nc2ccc(C(C)(C)C)cc2)N(C)C(=O)c2c[nH]c(=O)cn2)cc1. The standard InChI is InChI=1S/C25H28N4O4/c1-25(2,3)17-8-10-18(11-9-17)28-23(31)22(16-6-12-19(33-5)13-7-16)29(4)24(32)20-14-27-21(30)15-26-20/h6-15,22H,1-5H3,(H,27,30)(H,28,31). The fourth-order valence-electron chi connectivity index (χ4n) is 3.36. The molecule has 1 atom stereocenters. The van der Waals surface area contributed by atoms with Crippen LogP contribution in [-0.4, -0.2) is 40.8 Å². The van der Waals surface area contributed by atoms with E-state index >= 15 is 0 Å². The number of likely N-dealkylation sites (N-methyl/N-ethyl adjacent to an activating group) is 1. The van der Waals surface area contributed by atoms with Crippen LogP contribution in [0.3, 0.4) is 0 Å². The second kappa shape index (κ2) is 9.68. The van der Waals surface area contributed by atoms with Gasteiger partial charge in [-0.1, -0.05) is 45.0 Å². The number of hydrogen-bond acceptors (Lipinski definition) is 5. The lowest BCUT2D eigenvalue weighted by atomic mass is 9.87. The predicted octanol–water partition coefficient (Wildman–Crippen LogP) is 3.53. The van der Waals surface area contributed by atoms with Gasteiger partial charge in [0.2, 0.25) is 0 Å². The Morgan fingerprint density at radius 1 is 1.06 bits per heavy atom. The molecule has 0 saturated carbocycles. The summed E-state index contributed by atoms with van der Waals surface area (Å²) in [7, 11) is 3.07. The van der Waals surface area contributed by atoms with E-state index in [-0.39, 0.29) is 17.0 Å². The molecular weight excluding hydrogens is 420 g/mol. The Balaban J connectivity index is 1.91. The Kier molecular flexibility index (Phi) is 6.96. The summed E-state index contributed by atoms with van der Waals surface area (Å²) in [6.07, 6.45) is 2.26. The molecular formula is C25H28N4O4. The van der Waals surface area contributed by atoms with Crippen molar-refractivity contribution in [2.45, 2.75) is 32.2 Å². The van der Waals surface area contributed by atoms with Crippen LogP contribution in [0.1, 0.15) is 48.4 Å². The second-order valence-corrected chi connectivity index (χ2v) is 8.70. The van der Waals surface area contributed by atoms with E-state index < -0.39 is 17.5 Å². The zero-order chi connectivity index (χ0) is 24.2. The monoisotopic (exact) mass is 448 g/mol. The summed E-state index contributed by atoms with van der Waals surface area (Å²) < 4.78 is 5.21. The molecule has 0 fully saturated rings. The van der Waals surface area contributed by atoms with Gasteiger partial charge in [-0.05, 0) is 40.8 Å². The summed E-state index contributed by atoms with van der Waals surface area (Å²) in [5.74, 6) is -0.263. The highest BCUT2D eigenvalue weighted by molar-refractivity contribution is 6.00. The van der Waals surface area contributed by atoms with Crippen LogP contribution < -0.4 is 15.6 Å². The minimum Gasteiger partial charge on any atom is -0.497 e. The van der Waals surface area contributed by atoms with Crippen molar-refractivity contribution in [3.05, 3.63) is 88.1 Å². The molecule has 2 N–H and O–H groups in total. The van der Waals surface area contributed by atoms with Crippen molar-refractivity contribution in [2.75, 3.05) is 19.5 Å². The van der Waals surface area contributed by atoms with E-state index in [1.807, 2.05) is 24.3 Å². The highest BCUT2D eigenvalue weighted by Crippen LogP contribution is 2.27. The van der Waals surface area contributed by atoms with Crippen LogP contribution in [0.4, 0.5) is 5.69 Å². The number of anilines is 1. The van der Waals surface area contributed by atoms with Gasteiger partial charge >= 0.3 is 0 Å². The Morgan fingerprint density at radius 3 is 2.21 bits per heavy atom. The number of carbonyl (C=O) groups is 2. The average Bonchev–Trinajstić information content (AvgIpc) is 2.79. The molecule has 0 aliphatic carbocycles. The van der Waals surface area contributed by atoms with Crippen molar-refractivity contribution in [1.82, 2.24) is 14.9 Å². The molecule has 8 heteroatoms. The lowest BCUT2D eigenvalue weighted by Crippen LogP contribution is -2.39. The van der Waals surface area contributed by atoms with E-state index in [9.17, 15) is 14.4 Å². The molecule has 0 aliphatic rings. The fourth-order valence-corrected chi connectivity index (χ4v) is 3.36. The number of ether oxygens (including phenoxy) is 1. The first kappa shape index (κ1) is 23.7. The number of nitrogens with one attached hydrogen (secondary N) is 2. The van der Waals surface area contributed by atoms with Crippen molar-refractivity contribution >= 4 is 17.5 Å². The lowest BCUT2D eigenvalue weighted by Gasteiger charge is -2.28. The average molecular weight is 449 g/mol. The highest BCUT2D eigenvalue weighted by atomic mass is 16.5. The van der Waals surface area contributed by atoms with Crippen LogP contribution in [0, 0.1) is 0 Å². The van der Waals surface area contributed by atoms with Crippen LogP contribution in [-0.2, 0) is 10.2 Å². The number of benzene rings is 2. The summed E-state index contributed by atoms with van der Waals surface area (Å²) in [6, 6.07) is 13.6. The summed E-state index contributed by atoms with van der Waals surface area (Å²) >= 11 is 0. The van der Waals surface area contributed by atoms with Crippen molar-refractivity contribution in [3.63, 3.8) is 0 Å². The quantitative estimate of drug-likeness (QED) is 0.600. The van der Waals surface area contributed by atoms with Crippen molar-refractivity contribution < 1.29 is 14.3 Å². The van der Waals surface area contributed by atoms with Gasteiger partial charge in [-0.15, -0.1) is 0 Å². The van der Waals surface area contributed by atoms with Gasteiger partial charge in [0.05, 0.1) is 13.3 Å². The maximum atomic E-state index is 13.4. The number of hydrogen-bond donors (Lipinski definition) is 2. The highest BCUT2D eigenvalue weighted by Gasteiger charge is 2.30. The topological polar surface area (TPSA) is 104 Å². The third-order valence-corrected chi connectivity index (χ3v) is 5.30. The molecule has 8 nitrogen and oxygen atoms in total. The lowest BCUT2D eigenvalue weighted by molar-refractivity contribution is -0.120. The number of H-pyrrole nitrogens is 1. The molecule has 0 aliphatic heterocycles. The van der Waals surface area contributed by atoms with Gasteiger partial charge in [-0.2, -0.15) is 0 Å². The molecule has 3 rings (SSSR count). The van der Waals surface area contributed by atoms with Gasteiger partial charge < -0.3 is 19.9 Å². The van der Waals surface area contributed by atoms with Crippen LogP contribution >= 0.6 is 0 Å². The van der Waals surface area contributed by atoms with E-state index in [2.05, 4.69) is 36.1 Å². The zero-order valence-electron chi connectivity index (χ0n) is 19.4. The fraction of sp³-hybridized carbons (Fsp3) is 0.280. The van der Waals surface area contributed by atoms with Gasteiger partial charge in [0.15, 0.2) is 0 Å². The Bertz CT molecular complexity index is 1160. The molecule has 1 heterocycles. The summed E-state index contributed by atoms with van der Waals surface area (Å²) in [4.78, 5) is 45.3. The van der Waals surface area contributed by atoms with E-state index in [0.717, 1.165) is 11.8 Å². The molecule has 172 valence electrons. The van der Waals surface area contributed by atoms with Crippen molar-refractivity contribution in [3.8, 4) is 5.75 Å². The Labute approximate surface area is 192 Å². The predicted molar refractivity (Wildman–Crippen MR) is 126 cm³/mol. The summed E-state index contributed by atoms with van der Waals surface area (Å²) in [6.45, 7) is 6.35. The molecule has 0 bridgehead atoms. The van der Waals surface area contributed by atoms with E-state index in [1.165, 1.54) is 18.1 Å². The van der Waals surface area contributed by atoms with Crippen molar-refractivity contribution in [2.24, 2.45) is 0 Å². The number of aromatic amines is 1. The normalized spacial score (nSPS) is 12.0. The van der Waals surface area contributed by atoms with Gasteiger partial charge in [0.1, 0.15) is 17.5 Å². The number of aromatic nitrogens is 2. The molecule has 33 heavy (non-hydrogen) atoms. The number of amides is 2. The molecule has 3 aromatic rings. The van der Waals surface area contributed by atoms with Crippen LogP contribution in [0.25, 0.3) is 0 Å². The van der Waals surface area contributed by atoms with Gasteiger partial charge in [-0.25, -0.2) is 4.98 Å². The van der Waals surface area contributed by atoms with E-state index in [0.29, 0.717) is 17.0 Å². The van der Waals surface area contributed by atoms with Gasteiger partial charge in [0, 0.05) is 18.9 Å². The third-order valence-electron chi connectivity index (χ3n) is 5.30. The molecule has 2 aromatic carbocycles. The molecule has 1 aromatic heterocycles. The smallest absolute Gasteiger partial charge is 0.274 e. The van der Waals surface area contributed by atoms with Gasteiger partial charge in [-0.3, -0.25) is 14.4 Å².